The lowest BCUT2D eigenvalue weighted by atomic mass is 9.73. The van der Waals surface area contributed by atoms with Crippen molar-refractivity contribution in [3.05, 3.63) is 44.5 Å². The summed E-state index contributed by atoms with van der Waals surface area (Å²) in [7, 11) is 0. The van der Waals surface area contributed by atoms with Gasteiger partial charge in [0.25, 0.3) is 0 Å². The largest absolute Gasteiger partial charge is 0.0885 e. The molecule has 0 aromatic rings. The third-order valence-corrected chi connectivity index (χ3v) is 6.82. The van der Waals surface area contributed by atoms with Crippen molar-refractivity contribution in [1.29, 1.82) is 0 Å². The molecule has 0 aromatic heterocycles. The van der Waals surface area contributed by atoms with Gasteiger partial charge in [0, 0.05) is 21.9 Å². The standard InChI is InChI=1S/C20H24Cl2/c1-12(19-15-8-4-2-6-13(15)10-17(19)21)20-16-9-5-3-7-14(16)11-18(20)22/h10-12,19-20H,2-9H2,1H3. The monoisotopic (exact) mass is 334 g/mol. The molecule has 2 unspecified atom stereocenters. The molecule has 22 heavy (non-hydrogen) atoms. The van der Waals surface area contributed by atoms with Gasteiger partial charge in [0.2, 0.25) is 0 Å². The van der Waals surface area contributed by atoms with Gasteiger partial charge >= 0.3 is 0 Å². The van der Waals surface area contributed by atoms with Crippen molar-refractivity contribution in [1.82, 2.24) is 0 Å². The van der Waals surface area contributed by atoms with Crippen LogP contribution < -0.4 is 0 Å². The maximum atomic E-state index is 6.69. The van der Waals surface area contributed by atoms with Crippen LogP contribution in [0.2, 0.25) is 0 Å². The first-order chi connectivity index (χ1) is 10.7. The highest BCUT2D eigenvalue weighted by atomic mass is 35.5. The Morgan fingerprint density at radius 3 is 1.64 bits per heavy atom. The molecular formula is C20H24Cl2. The Labute approximate surface area is 143 Å². The average molecular weight is 335 g/mol. The zero-order valence-electron chi connectivity index (χ0n) is 13.3. The van der Waals surface area contributed by atoms with Gasteiger partial charge in [-0.05, 0) is 80.6 Å². The summed E-state index contributed by atoms with van der Waals surface area (Å²) in [5.41, 5.74) is 6.31. The molecule has 0 saturated carbocycles. The molecule has 0 amide bonds. The van der Waals surface area contributed by atoms with E-state index >= 15 is 0 Å². The zero-order valence-corrected chi connectivity index (χ0v) is 14.8. The van der Waals surface area contributed by atoms with Crippen LogP contribution in [0.15, 0.2) is 44.5 Å². The Kier molecular flexibility index (Phi) is 4.03. The summed E-state index contributed by atoms with van der Waals surface area (Å²) in [6.07, 6.45) is 14.7. The average Bonchev–Trinajstić information content (AvgIpc) is 3.01. The molecular weight excluding hydrogens is 311 g/mol. The number of allylic oxidation sites excluding steroid dienone is 8. The summed E-state index contributed by atoms with van der Waals surface area (Å²) in [4.78, 5) is 0. The van der Waals surface area contributed by atoms with Crippen molar-refractivity contribution in [2.75, 3.05) is 0 Å². The van der Waals surface area contributed by atoms with Gasteiger partial charge < -0.3 is 0 Å². The molecule has 0 N–H and O–H groups in total. The second-order valence-corrected chi connectivity index (χ2v) is 8.26. The van der Waals surface area contributed by atoms with Crippen LogP contribution in [0.5, 0.6) is 0 Å². The minimum Gasteiger partial charge on any atom is -0.0885 e. The Morgan fingerprint density at radius 1 is 0.773 bits per heavy atom. The van der Waals surface area contributed by atoms with Crippen molar-refractivity contribution in [2.45, 2.75) is 58.3 Å². The molecule has 0 aromatic carbocycles. The van der Waals surface area contributed by atoms with Crippen LogP contribution in [0.3, 0.4) is 0 Å². The van der Waals surface area contributed by atoms with Gasteiger partial charge in [-0.25, -0.2) is 0 Å². The molecule has 0 saturated heterocycles. The van der Waals surface area contributed by atoms with Crippen LogP contribution in [0.4, 0.5) is 0 Å². The maximum Gasteiger partial charge on any atom is 0.0258 e. The molecule has 0 fully saturated rings. The van der Waals surface area contributed by atoms with E-state index in [1.807, 2.05) is 0 Å². The fourth-order valence-corrected chi connectivity index (χ4v) is 6.04. The van der Waals surface area contributed by atoms with Crippen molar-refractivity contribution < 1.29 is 0 Å². The van der Waals surface area contributed by atoms with E-state index in [1.54, 1.807) is 11.1 Å². The Hall–Kier alpha value is -0.460. The summed E-state index contributed by atoms with van der Waals surface area (Å²) in [6.45, 7) is 2.37. The van der Waals surface area contributed by atoms with Gasteiger partial charge in [-0.1, -0.05) is 41.3 Å². The van der Waals surface area contributed by atoms with Crippen LogP contribution in [0, 0.1) is 17.8 Å². The Balaban J connectivity index is 1.66. The molecule has 4 rings (SSSR count). The van der Waals surface area contributed by atoms with Crippen molar-refractivity contribution in [3.63, 3.8) is 0 Å². The van der Waals surface area contributed by atoms with Gasteiger partial charge in [-0.3, -0.25) is 0 Å². The van der Waals surface area contributed by atoms with E-state index in [2.05, 4.69) is 19.1 Å². The molecule has 0 spiro atoms. The Morgan fingerprint density at radius 2 is 1.18 bits per heavy atom. The predicted molar refractivity (Wildman–Crippen MR) is 95.0 cm³/mol. The first-order valence-electron chi connectivity index (χ1n) is 8.85. The first kappa shape index (κ1) is 15.1. The summed E-state index contributed by atoms with van der Waals surface area (Å²) in [6, 6.07) is 0. The van der Waals surface area contributed by atoms with Gasteiger partial charge in [-0.15, -0.1) is 0 Å². The highest BCUT2D eigenvalue weighted by Crippen LogP contribution is 2.53. The number of halogens is 2. The topological polar surface area (TPSA) is 0 Å². The maximum absolute atomic E-state index is 6.69. The third kappa shape index (κ3) is 2.34. The second-order valence-electron chi connectivity index (χ2n) is 7.39. The first-order valence-corrected chi connectivity index (χ1v) is 9.60. The minimum atomic E-state index is 0.415. The fourth-order valence-electron chi connectivity index (χ4n) is 5.12. The molecule has 4 aliphatic rings. The fraction of sp³-hybridized carbons (Fsp3) is 0.600. The Bertz CT molecular complexity index is 564. The van der Waals surface area contributed by atoms with Crippen molar-refractivity contribution in [2.24, 2.45) is 17.8 Å². The van der Waals surface area contributed by atoms with E-state index in [-0.39, 0.29) is 0 Å². The van der Waals surface area contributed by atoms with Gasteiger partial charge in [0.15, 0.2) is 0 Å². The molecule has 4 aliphatic carbocycles. The molecule has 0 heterocycles. The second kappa shape index (κ2) is 5.87. The lowest BCUT2D eigenvalue weighted by molar-refractivity contribution is 0.375. The summed E-state index contributed by atoms with van der Waals surface area (Å²) < 4.78 is 0. The SMILES string of the molecule is CC(C1C(Cl)=CC2=C1CCCC2)C1C(Cl)=CC2=C1CCCC2. The molecule has 0 aliphatic heterocycles. The molecule has 118 valence electrons. The van der Waals surface area contributed by atoms with E-state index in [0.29, 0.717) is 17.8 Å². The smallest absolute Gasteiger partial charge is 0.0258 e. The molecule has 0 bridgehead atoms. The van der Waals surface area contributed by atoms with E-state index in [0.717, 1.165) is 10.1 Å². The molecule has 0 nitrogen and oxygen atoms in total. The van der Waals surface area contributed by atoms with Crippen molar-refractivity contribution in [3.8, 4) is 0 Å². The van der Waals surface area contributed by atoms with Crippen LogP contribution in [0.25, 0.3) is 0 Å². The summed E-state index contributed by atoms with van der Waals surface area (Å²) in [5.74, 6) is 1.32. The summed E-state index contributed by atoms with van der Waals surface area (Å²) >= 11 is 13.4. The predicted octanol–water partition coefficient (Wildman–Crippen LogP) is 6.87. The van der Waals surface area contributed by atoms with E-state index in [1.165, 1.54) is 62.5 Å². The molecule has 2 atom stereocenters. The highest BCUT2D eigenvalue weighted by Gasteiger charge is 2.40. The lowest BCUT2D eigenvalue weighted by Crippen LogP contribution is -2.24. The highest BCUT2D eigenvalue weighted by molar-refractivity contribution is 6.31. The van der Waals surface area contributed by atoms with E-state index in [4.69, 9.17) is 23.2 Å². The van der Waals surface area contributed by atoms with E-state index < -0.39 is 0 Å². The molecule has 2 heteroatoms. The molecule has 0 radical (unpaired) electrons. The lowest BCUT2D eigenvalue weighted by Gasteiger charge is -2.33. The van der Waals surface area contributed by atoms with E-state index in [9.17, 15) is 0 Å². The van der Waals surface area contributed by atoms with Gasteiger partial charge in [0.05, 0.1) is 0 Å². The normalized spacial score (nSPS) is 32.7. The quantitative estimate of drug-likeness (QED) is 0.516. The van der Waals surface area contributed by atoms with Gasteiger partial charge in [0.1, 0.15) is 0 Å². The van der Waals surface area contributed by atoms with Crippen LogP contribution in [-0.4, -0.2) is 0 Å². The van der Waals surface area contributed by atoms with Gasteiger partial charge in [-0.2, -0.15) is 0 Å². The minimum absolute atomic E-state index is 0.415. The number of hydrogen-bond donors (Lipinski definition) is 0. The van der Waals surface area contributed by atoms with Crippen LogP contribution >= 0.6 is 23.2 Å². The number of rotatable bonds is 2. The summed E-state index contributed by atoms with van der Waals surface area (Å²) in [5, 5.41) is 2.13. The van der Waals surface area contributed by atoms with Crippen LogP contribution in [0.1, 0.15) is 58.3 Å². The van der Waals surface area contributed by atoms with Crippen LogP contribution in [-0.2, 0) is 0 Å². The number of hydrogen-bond acceptors (Lipinski definition) is 0. The zero-order chi connectivity index (χ0) is 15.3. The third-order valence-electron chi connectivity index (χ3n) is 6.13. The van der Waals surface area contributed by atoms with Crippen molar-refractivity contribution >= 4 is 23.2 Å².